The minimum atomic E-state index is -6.58. The van der Waals surface area contributed by atoms with Crippen LogP contribution in [0, 0.1) is 105 Å². The maximum atomic E-state index is 13.3. The van der Waals surface area contributed by atoms with Gasteiger partial charge in [0.15, 0.2) is 0 Å². The minimum Gasteiger partial charge on any atom is -0.508 e. The van der Waals surface area contributed by atoms with Gasteiger partial charge in [0.2, 0.25) is 0 Å². The molecule has 13 aliphatic carbocycles. The summed E-state index contributed by atoms with van der Waals surface area (Å²) in [6, 6.07) is 7.43. The van der Waals surface area contributed by atoms with E-state index in [1.807, 2.05) is 60.6 Å². The number of phenols is 1. The van der Waals surface area contributed by atoms with E-state index < -0.39 is 95.5 Å². The third-order valence-corrected chi connectivity index (χ3v) is 29.1. The molecule has 12 bridgehead atoms. The summed E-state index contributed by atoms with van der Waals surface area (Å²) in [6.07, 6.45) is -9.08. The molecule has 12 atom stereocenters. The maximum Gasteiger partial charge on any atom is 0.426 e. The van der Waals surface area contributed by atoms with Crippen molar-refractivity contribution in [2.75, 3.05) is 0 Å². The van der Waals surface area contributed by atoms with Crippen LogP contribution in [0.4, 0.5) is 52.7 Å². The van der Waals surface area contributed by atoms with Gasteiger partial charge in [0.05, 0.1) is 27.3 Å². The van der Waals surface area contributed by atoms with Crippen molar-refractivity contribution >= 4 is 23.9 Å². The normalized spacial score (nSPS) is 35.3. The van der Waals surface area contributed by atoms with Gasteiger partial charge in [0, 0.05) is 24.2 Å². The lowest BCUT2D eigenvalue weighted by molar-refractivity contribution is -0.405. The predicted octanol–water partition coefficient (Wildman–Crippen LogP) is 20.8. The van der Waals surface area contributed by atoms with Crippen molar-refractivity contribution in [2.24, 2.45) is 105 Å². The first-order valence-electron chi connectivity index (χ1n) is 39.7. The fraction of sp³-hybridized carbons (Fsp3) is 0.878. The number of hydrogen-bond donors (Lipinski definition) is 4. The average Bonchev–Trinajstić information content (AvgIpc) is 1.46. The zero-order valence-electron chi connectivity index (χ0n) is 65.5. The van der Waals surface area contributed by atoms with Crippen molar-refractivity contribution in [2.45, 2.75) is 348 Å². The Morgan fingerprint density at radius 2 is 0.877 bits per heavy atom. The van der Waals surface area contributed by atoms with Crippen molar-refractivity contribution in [3.05, 3.63) is 29.8 Å². The number of aromatic hydroxyl groups is 1. The fourth-order valence-electron chi connectivity index (χ4n) is 21.5. The van der Waals surface area contributed by atoms with E-state index in [0.29, 0.717) is 47.7 Å². The molecule has 12 nitrogen and oxygen atoms in total. The number of rotatable bonds is 18. The Bertz CT molecular complexity index is 3070. The molecule has 13 saturated carbocycles. The number of halogens is 12. The highest BCUT2D eigenvalue weighted by atomic mass is 19.4. The van der Waals surface area contributed by atoms with Crippen LogP contribution in [0.15, 0.2) is 24.3 Å². The van der Waals surface area contributed by atoms with Crippen molar-refractivity contribution in [1.82, 2.24) is 0 Å². The average molecular weight is 1530 g/mol. The Balaban J connectivity index is 0.000000174. The van der Waals surface area contributed by atoms with Gasteiger partial charge < -0.3 is 39.4 Å². The number of esters is 4. The van der Waals surface area contributed by atoms with Gasteiger partial charge in [0.1, 0.15) is 28.7 Å². The number of aliphatic hydroxyl groups is 3. The molecule has 24 heteroatoms. The number of carbonyl (C=O) groups is 4. The standard InChI is InChI=1S/C20H32O2.C18H22F12O4.C18H30O2.C16H26O3.C10H14O/c1-5-19(3,4)18(21)22-20(6-2)11-14-10-15(20)17-13-8-7-12(9-13)16(14)17;1-4-12(2,3)11(31)34-10-6-8(13(32,15(19,20)21)16(22,23)24)5-9(7-10)14(33,17(25,26)27)18(28,29)30;1-5-17(3,4)16(19)20-18(6-2)14-8-12-7-13(10-14)11-15(18)9-12;1-4-14(2,3)13(17)19-16-8-11-5-12(9-16)7-15(18,6-11)10-16;1-3-8(2)9-4-6-10(11)7-5-9/h12-17H,5-11H2,1-4H3;8-10,32-33H,4-7H2,1-3H3;12-15H,5-11H2,1-4H3;11-12,18H,4-10H2,1-3H3;4-8,11H,3H2,1-2H3. The summed E-state index contributed by atoms with van der Waals surface area (Å²) in [5.74, 6) is 2.49. The zero-order chi connectivity index (χ0) is 79.7. The number of phenolic OH excluding ortho intramolecular Hbond substituents is 1. The molecule has 0 saturated heterocycles. The summed E-state index contributed by atoms with van der Waals surface area (Å²) >= 11 is 0. The van der Waals surface area contributed by atoms with E-state index in [1.165, 1.54) is 90.5 Å². The molecular weight excluding hydrogens is 1400 g/mol. The molecule has 13 fully saturated rings. The van der Waals surface area contributed by atoms with E-state index >= 15 is 0 Å². The highest BCUT2D eigenvalue weighted by Gasteiger charge is 2.79. The van der Waals surface area contributed by atoms with E-state index in [4.69, 9.17) is 24.1 Å². The second-order valence-electron chi connectivity index (χ2n) is 37.4. The van der Waals surface area contributed by atoms with E-state index in [0.717, 1.165) is 112 Å². The predicted molar refractivity (Wildman–Crippen MR) is 376 cm³/mol. The number of fused-ring (bicyclic) bond motifs is 9. The first-order chi connectivity index (χ1) is 48.6. The molecule has 608 valence electrons. The topological polar surface area (TPSA) is 186 Å². The number of carbonyl (C=O) groups excluding carboxylic acids is 4. The summed E-state index contributed by atoms with van der Waals surface area (Å²) in [6.45, 7) is 30.8. The van der Waals surface area contributed by atoms with Crippen molar-refractivity contribution in [3.63, 3.8) is 0 Å². The van der Waals surface area contributed by atoms with E-state index in [9.17, 15) is 87.2 Å². The molecule has 13 aliphatic rings. The molecule has 0 radical (unpaired) electrons. The van der Waals surface area contributed by atoms with Crippen LogP contribution >= 0.6 is 0 Å². The van der Waals surface area contributed by atoms with Gasteiger partial charge in [-0.15, -0.1) is 0 Å². The van der Waals surface area contributed by atoms with Crippen LogP contribution in [0.2, 0.25) is 0 Å². The first-order valence-corrected chi connectivity index (χ1v) is 39.7. The molecule has 1 aromatic carbocycles. The lowest BCUT2D eigenvalue weighted by Crippen LogP contribution is -2.67. The molecule has 0 amide bonds. The van der Waals surface area contributed by atoms with Gasteiger partial charge >= 0.3 is 48.6 Å². The van der Waals surface area contributed by atoms with Crippen LogP contribution in [0.3, 0.4) is 0 Å². The minimum absolute atomic E-state index is 0.0184. The molecule has 12 unspecified atom stereocenters. The SMILES string of the molecule is CCC(C)(C)C(=O)OC1(CC)C2CC3CC(C2)CC1C3.CCC(C)(C)C(=O)OC1(CC)CC2CC1C1C3CCC(C3)C21.CCC(C)(C)C(=O)OC12CC3CC(CC(O)(C3)C1)C2.CCC(C)(C)C(=O)OC1CC(C(O)(C(F)(F)F)C(F)(F)F)CC(C(O)(C(F)(F)F)C(F)(F)F)C1.CCC(C)c1ccc(O)cc1. The zero-order valence-corrected chi connectivity index (χ0v) is 65.5. The summed E-state index contributed by atoms with van der Waals surface area (Å²) in [5.41, 5.74) is -13.9. The lowest BCUT2D eigenvalue weighted by atomic mass is 9.49. The smallest absolute Gasteiger partial charge is 0.426 e. The van der Waals surface area contributed by atoms with Gasteiger partial charge in [-0.1, -0.05) is 67.5 Å². The molecule has 4 N–H and O–H groups in total. The van der Waals surface area contributed by atoms with Crippen LogP contribution in [-0.2, 0) is 38.1 Å². The molecule has 14 rings (SSSR count). The van der Waals surface area contributed by atoms with Crippen LogP contribution in [0.25, 0.3) is 0 Å². The Labute approximate surface area is 620 Å². The highest BCUT2D eigenvalue weighted by molar-refractivity contribution is 5.78. The van der Waals surface area contributed by atoms with Gasteiger partial charge in [-0.3, -0.25) is 19.2 Å². The molecule has 106 heavy (non-hydrogen) atoms. The van der Waals surface area contributed by atoms with Crippen LogP contribution in [0.5, 0.6) is 5.75 Å². The molecule has 0 spiro atoms. The molecule has 0 heterocycles. The summed E-state index contributed by atoms with van der Waals surface area (Å²) in [4.78, 5) is 50.0. The van der Waals surface area contributed by atoms with Gasteiger partial charge in [-0.2, -0.15) is 52.7 Å². The summed E-state index contributed by atoms with van der Waals surface area (Å²) in [5, 5.41) is 38.9. The quantitative estimate of drug-likeness (QED) is 0.0472. The number of hydrogen-bond acceptors (Lipinski definition) is 12. The third kappa shape index (κ3) is 17.1. The number of ether oxygens (including phenoxy) is 4. The fourth-order valence-corrected chi connectivity index (χ4v) is 21.5. The molecule has 1 aromatic rings. The maximum absolute atomic E-state index is 13.3. The van der Waals surface area contributed by atoms with Crippen molar-refractivity contribution in [1.29, 1.82) is 0 Å². The summed E-state index contributed by atoms with van der Waals surface area (Å²) in [7, 11) is 0. The van der Waals surface area contributed by atoms with E-state index in [-0.39, 0.29) is 52.0 Å². The first kappa shape index (κ1) is 87.5. The van der Waals surface area contributed by atoms with Crippen LogP contribution in [0.1, 0.15) is 289 Å². The second kappa shape index (κ2) is 31.1. The molecule has 0 aromatic heterocycles. The number of benzene rings is 1. The second-order valence-corrected chi connectivity index (χ2v) is 37.4. The Morgan fingerprint density at radius 1 is 0.472 bits per heavy atom. The highest BCUT2D eigenvalue weighted by Crippen LogP contribution is 2.71. The lowest BCUT2D eigenvalue weighted by Gasteiger charge is -2.60. The third-order valence-electron chi connectivity index (χ3n) is 29.1. The van der Waals surface area contributed by atoms with Crippen molar-refractivity contribution < 1.29 is 111 Å². The Morgan fingerprint density at radius 3 is 1.27 bits per heavy atom. The van der Waals surface area contributed by atoms with Crippen molar-refractivity contribution in [3.8, 4) is 5.75 Å². The monoisotopic (exact) mass is 1530 g/mol. The number of alkyl halides is 12. The Kier molecular flexibility index (Phi) is 25.7. The molecule has 0 aliphatic heterocycles. The van der Waals surface area contributed by atoms with E-state index in [1.54, 1.807) is 12.1 Å². The molecular formula is C82H124F12O12. The largest absolute Gasteiger partial charge is 0.508 e. The van der Waals surface area contributed by atoms with Gasteiger partial charge in [0.25, 0.3) is 11.2 Å². The summed E-state index contributed by atoms with van der Waals surface area (Å²) < 4.78 is 183. The van der Waals surface area contributed by atoms with E-state index in [2.05, 4.69) is 41.5 Å². The van der Waals surface area contributed by atoms with Crippen LogP contribution in [-0.4, -0.2) is 109 Å². The van der Waals surface area contributed by atoms with Crippen LogP contribution < -0.4 is 0 Å². The van der Waals surface area contributed by atoms with Gasteiger partial charge in [-0.25, -0.2) is 0 Å². The van der Waals surface area contributed by atoms with Gasteiger partial charge in [-0.05, 0) is 305 Å². The Hall–Kier alpha value is -4.06.